The molecule has 2 aromatic rings. The molecule has 0 fully saturated rings. The van der Waals surface area contributed by atoms with Gasteiger partial charge in [0.05, 0.1) is 4.92 Å². The number of rotatable bonds is 2. The van der Waals surface area contributed by atoms with Gasteiger partial charge in [-0.05, 0) is 42.9 Å². The van der Waals surface area contributed by atoms with Crippen LogP contribution in [0.5, 0.6) is 0 Å². The van der Waals surface area contributed by atoms with E-state index in [0.717, 1.165) is 5.56 Å². The number of hydrogen-bond donors (Lipinski definition) is 2. The maximum absolute atomic E-state index is 10.5. The van der Waals surface area contributed by atoms with Gasteiger partial charge in [-0.1, -0.05) is 6.07 Å². The van der Waals surface area contributed by atoms with Gasteiger partial charge in [-0.25, -0.2) is 4.99 Å². The molecule has 0 saturated heterocycles. The Morgan fingerprint density at radius 1 is 1.35 bits per heavy atom. The van der Waals surface area contributed by atoms with Crippen LogP contribution in [0, 0.1) is 17.0 Å². The van der Waals surface area contributed by atoms with Crippen molar-refractivity contribution >= 4 is 28.7 Å². The van der Waals surface area contributed by atoms with Crippen LogP contribution in [0.1, 0.15) is 5.56 Å². The largest absolute Gasteiger partial charge is 0.346 e. The number of nitrogens with zero attached hydrogens (tertiary/aromatic N) is 2. The summed E-state index contributed by atoms with van der Waals surface area (Å²) in [6.45, 7) is 1.92. The van der Waals surface area contributed by atoms with Gasteiger partial charge in [-0.2, -0.15) is 0 Å². The number of non-ortho nitro benzene ring substituents is 1. The Morgan fingerprint density at radius 3 is 2.65 bits per heavy atom. The first kappa shape index (κ1) is 13.9. The molecule has 0 saturated carbocycles. The number of benzene rings is 1. The summed E-state index contributed by atoms with van der Waals surface area (Å²) in [6, 6.07) is 9.78. The van der Waals surface area contributed by atoms with Crippen LogP contribution >= 0.6 is 12.2 Å². The van der Waals surface area contributed by atoms with E-state index in [9.17, 15) is 10.1 Å². The predicted molar refractivity (Wildman–Crippen MR) is 80.4 cm³/mol. The van der Waals surface area contributed by atoms with E-state index in [1.54, 1.807) is 18.3 Å². The molecule has 2 rings (SSSR count). The zero-order valence-corrected chi connectivity index (χ0v) is 11.5. The summed E-state index contributed by atoms with van der Waals surface area (Å²) in [6.07, 6.45) is 1.76. The van der Waals surface area contributed by atoms with Crippen molar-refractivity contribution in [3.05, 3.63) is 63.8 Å². The standard InChI is InChI=1S/C13H12N4O2S/c1-9-3-2-8-14-12(9)16-13(20)15-10-4-6-11(7-5-10)17(18)19/h2-8H,1H3,(H2,14,15,16,20). The lowest BCUT2D eigenvalue weighted by Crippen LogP contribution is -2.17. The van der Waals surface area contributed by atoms with Gasteiger partial charge in [0.15, 0.2) is 5.11 Å². The van der Waals surface area contributed by atoms with Crippen molar-refractivity contribution in [2.45, 2.75) is 6.92 Å². The number of H-pyrrole nitrogens is 1. The van der Waals surface area contributed by atoms with E-state index in [1.165, 1.54) is 12.1 Å². The van der Waals surface area contributed by atoms with Gasteiger partial charge < -0.3 is 10.3 Å². The number of nitrogens with one attached hydrogen (secondary N) is 2. The molecule has 7 heteroatoms. The lowest BCUT2D eigenvalue weighted by atomic mass is 10.3. The van der Waals surface area contributed by atoms with E-state index in [0.29, 0.717) is 11.2 Å². The summed E-state index contributed by atoms with van der Waals surface area (Å²) in [5.41, 5.74) is 2.33. The third-order valence-electron chi connectivity index (χ3n) is 2.58. The van der Waals surface area contributed by atoms with Crippen LogP contribution < -0.4 is 10.8 Å². The molecule has 20 heavy (non-hydrogen) atoms. The summed E-state index contributed by atoms with van der Waals surface area (Å²) in [5, 5.41) is 13.7. The number of nitro benzene ring substituents is 1. The summed E-state index contributed by atoms with van der Waals surface area (Å²) in [5.74, 6) is 0. The molecule has 1 aromatic carbocycles. The van der Waals surface area contributed by atoms with Crippen LogP contribution in [0.3, 0.4) is 0 Å². The summed E-state index contributed by atoms with van der Waals surface area (Å²) < 4.78 is 0. The number of pyridine rings is 1. The van der Waals surface area contributed by atoms with E-state index >= 15 is 0 Å². The smallest absolute Gasteiger partial charge is 0.269 e. The molecule has 0 spiro atoms. The zero-order chi connectivity index (χ0) is 14.5. The maximum Gasteiger partial charge on any atom is 0.269 e. The zero-order valence-electron chi connectivity index (χ0n) is 10.7. The lowest BCUT2D eigenvalue weighted by molar-refractivity contribution is -0.384. The highest BCUT2D eigenvalue weighted by Gasteiger charge is 2.04. The maximum atomic E-state index is 10.5. The number of aromatic amines is 1. The van der Waals surface area contributed by atoms with Gasteiger partial charge in [0, 0.05) is 24.0 Å². The molecule has 0 bridgehead atoms. The Kier molecular flexibility index (Phi) is 4.21. The third kappa shape index (κ3) is 3.48. The predicted octanol–water partition coefficient (Wildman–Crippen LogP) is 2.53. The van der Waals surface area contributed by atoms with Gasteiger partial charge in [-0.3, -0.25) is 10.1 Å². The number of nitro groups is 1. The Hall–Kier alpha value is -2.54. The quantitative estimate of drug-likeness (QED) is 0.505. The van der Waals surface area contributed by atoms with E-state index in [-0.39, 0.29) is 10.8 Å². The van der Waals surface area contributed by atoms with Gasteiger partial charge in [-0.15, -0.1) is 0 Å². The van der Waals surface area contributed by atoms with E-state index in [2.05, 4.69) is 15.3 Å². The van der Waals surface area contributed by atoms with Crippen molar-refractivity contribution in [3.8, 4) is 0 Å². The molecule has 0 aliphatic rings. The van der Waals surface area contributed by atoms with Crippen molar-refractivity contribution in [2.75, 3.05) is 5.32 Å². The fourth-order valence-corrected chi connectivity index (χ4v) is 1.76. The van der Waals surface area contributed by atoms with E-state index < -0.39 is 4.92 Å². The van der Waals surface area contributed by atoms with E-state index in [4.69, 9.17) is 12.2 Å². The molecular weight excluding hydrogens is 276 g/mol. The number of aryl methyl sites for hydroxylation is 1. The van der Waals surface area contributed by atoms with E-state index in [1.807, 2.05) is 19.1 Å². The van der Waals surface area contributed by atoms with Crippen molar-refractivity contribution in [3.63, 3.8) is 0 Å². The van der Waals surface area contributed by atoms with Gasteiger partial charge in [0.2, 0.25) is 0 Å². The molecule has 0 atom stereocenters. The van der Waals surface area contributed by atoms with Crippen LogP contribution in [-0.2, 0) is 0 Å². The minimum Gasteiger partial charge on any atom is -0.346 e. The lowest BCUT2D eigenvalue weighted by Gasteiger charge is -2.03. The SMILES string of the molecule is Cc1ccc[nH]c1=NC(=S)Nc1ccc([N+](=O)[O-])cc1. The molecule has 0 amide bonds. The monoisotopic (exact) mass is 288 g/mol. The van der Waals surface area contributed by atoms with Crippen molar-refractivity contribution in [1.82, 2.24) is 4.98 Å². The Bertz CT molecular complexity index is 707. The second kappa shape index (κ2) is 6.07. The highest BCUT2D eigenvalue weighted by atomic mass is 32.1. The van der Waals surface area contributed by atoms with Crippen LogP contribution in [0.2, 0.25) is 0 Å². The van der Waals surface area contributed by atoms with Crippen LogP contribution in [0.4, 0.5) is 11.4 Å². The van der Waals surface area contributed by atoms with Gasteiger partial charge in [0.1, 0.15) is 5.49 Å². The fraction of sp³-hybridized carbons (Fsp3) is 0.0769. The molecule has 0 aliphatic heterocycles. The summed E-state index contributed by atoms with van der Waals surface area (Å²) in [7, 11) is 0. The molecule has 0 aliphatic carbocycles. The van der Waals surface area contributed by atoms with Crippen LogP contribution in [-0.4, -0.2) is 15.0 Å². The summed E-state index contributed by atoms with van der Waals surface area (Å²) in [4.78, 5) is 17.3. The normalized spacial score (nSPS) is 11.2. The minimum absolute atomic E-state index is 0.0330. The number of aromatic nitrogens is 1. The first-order chi connectivity index (χ1) is 9.56. The van der Waals surface area contributed by atoms with Crippen LogP contribution in [0.25, 0.3) is 0 Å². The topological polar surface area (TPSA) is 83.3 Å². The average molecular weight is 288 g/mol. The molecule has 1 aromatic heterocycles. The van der Waals surface area contributed by atoms with Crippen LogP contribution in [0.15, 0.2) is 47.6 Å². The number of hydrogen-bond acceptors (Lipinski definition) is 3. The first-order valence-electron chi connectivity index (χ1n) is 5.81. The number of thiocarbonyl (C=S) groups is 1. The molecular formula is C13H12N4O2S. The second-order valence-electron chi connectivity index (χ2n) is 4.05. The Morgan fingerprint density at radius 2 is 2.05 bits per heavy atom. The number of anilines is 1. The second-order valence-corrected chi connectivity index (χ2v) is 4.43. The molecule has 2 N–H and O–H groups in total. The molecule has 0 radical (unpaired) electrons. The van der Waals surface area contributed by atoms with Crippen molar-refractivity contribution in [1.29, 1.82) is 0 Å². The van der Waals surface area contributed by atoms with Gasteiger partial charge in [0.25, 0.3) is 5.69 Å². The molecule has 0 unspecified atom stereocenters. The average Bonchev–Trinajstić information content (AvgIpc) is 2.42. The molecule has 102 valence electrons. The summed E-state index contributed by atoms with van der Waals surface area (Å²) >= 11 is 5.13. The molecule has 6 nitrogen and oxygen atoms in total. The first-order valence-corrected chi connectivity index (χ1v) is 6.21. The third-order valence-corrected chi connectivity index (χ3v) is 2.77. The fourth-order valence-electron chi connectivity index (χ4n) is 1.55. The van der Waals surface area contributed by atoms with Crippen molar-refractivity contribution < 1.29 is 4.92 Å². The van der Waals surface area contributed by atoms with Crippen molar-refractivity contribution in [2.24, 2.45) is 4.99 Å². The van der Waals surface area contributed by atoms with Gasteiger partial charge >= 0.3 is 0 Å². The Balaban J connectivity index is 2.14. The molecule has 1 heterocycles. The highest BCUT2D eigenvalue weighted by molar-refractivity contribution is 7.80. The minimum atomic E-state index is -0.450. The Labute approximate surface area is 120 Å². The highest BCUT2D eigenvalue weighted by Crippen LogP contribution is 2.15.